The molecule has 168 valence electrons. The van der Waals surface area contributed by atoms with Crippen LogP contribution in [0.1, 0.15) is 21.5 Å². The van der Waals surface area contributed by atoms with Crippen LogP contribution in [0.3, 0.4) is 0 Å². The number of hydrogen-bond donors (Lipinski definition) is 3. The highest BCUT2D eigenvalue weighted by Crippen LogP contribution is 2.33. The Kier molecular flexibility index (Phi) is 8.30. The molecule has 0 heterocycles. The molecule has 0 saturated heterocycles. The molecule has 3 aromatic rings. The summed E-state index contributed by atoms with van der Waals surface area (Å²) in [7, 11) is 0. The van der Waals surface area contributed by atoms with Crippen LogP contribution in [0, 0.1) is 0 Å². The van der Waals surface area contributed by atoms with Crippen LogP contribution in [0.2, 0.25) is 5.02 Å². The summed E-state index contributed by atoms with van der Waals surface area (Å²) in [6.07, 6.45) is -1.59. The first-order valence-corrected chi connectivity index (χ1v) is 10.3. The SMILES string of the molecule is O=C(ON[C@H]([C@@H](O)CNCc1cccc(Cl)c1)C(F)(F)c1ccccc1)c1ccccc1. The zero-order chi connectivity index (χ0) is 23.0. The maximum absolute atomic E-state index is 15.3. The number of aliphatic hydroxyl groups excluding tert-OH is 1. The summed E-state index contributed by atoms with van der Waals surface area (Å²) in [5, 5.41) is 14.1. The van der Waals surface area contributed by atoms with Crippen molar-refractivity contribution in [2.75, 3.05) is 6.54 Å². The fourth-order valence-electron chi connectivity index (χ4n) is 3.11. The van der Waals surface area contributed by atoms with Gasteiger partial charge in [-0.2, -0.15) is 8.78 Å². The highest BCUT2D eigenvalue weighted by Gasteiger charge is 2.46. The lowest BCUT2D eigenvalue weighted by atomic mass is 9.97. The normalized spacial score (nSPS) is 13.4. The van der Waals surface area contributed by atoms with Gasteiger partial charge in [0.1, 0.15) is 6.04 Å². The Morgan fingerprint density at radius 1 is 1.00 bits per heavy atom. The van der Waals surface area contributed by atoms with Gasteiger partial charge >= 0.3 is 5.97 Å². The summed E-state index contributed by atoms with van der Waals surface area (Å²) in [5.74, 6) is -4.37. The molecule has 0 saturated carbocycles. The van der Waals surface area contributed by atoms with E-state index >= 15 is 8.78 Å². The molecule has 0 aliphatic heterocycles. The molecule has 0 radical (unpaired) electrons. The number of aliphatic hydroxyl groups is 1. The van der Waals surface area contributed by atoms with Crippen molar-refractivity contribution in [2.24, 2.45) is 0 Å². The summed E-state index contributed by atoms with van der Waals surface area (Å²) in [6, 6.07) is 20.2. The molecule has 8 heteroatoms. The van der Waals surface area contributed by atoms with Crippen LogP contribution >= 0.6 is 11.6 Å². The molecule has 3 aromatic carbocycles. The lowest BCUT2D eigenvalue weighted by molar-refractivity contribution is -0.123. The molecule has 3 rings (SSSR count). The van der Waals surface area contributed by atoms with E-state index in [-0.39, 0.29) is 17.7 Å². The molecule has 2 atom stereocenters. The van der Waals surface area contributed by atoms with Crippen LogP contribution in [-0.2, 0) is 17.3 Å². The standard InChI is InChI=1S/C24H23ClF2N2O3/c25-20-13-7-8-17(14-20)15-28-16-21(30)22(24(26,27)19-11-5-2-6-12-19)29-32-23(31)18-9-3-1-4-10-18/h1-14,21-22,28-30H,15-16H2/t21-,22+/m0/s1. The minimum absolute atomic E-state index is 0.185. The smallest absolute Gasteiger partial charge is 0.356 e. The van der Waals surface area contributed by atoms with E-state index in [0.717, 1.165) is 5.56 Å². The summed E-state index contributed by atoms with van der Waals surface area (Å²) < 4.78 is 30.5. The Labute approximate surface area is 189 Å². The molecule has 5 nitrogen and oxygen atoms in total. The number of alkyl halides is 2. The summed E-state index contributed by atoms with van der Waals surface area (Å²) in [5.41, 5.74) is 2.81. The van der Waals surface area contributed by atoms with Gasteiger partial charge in [-0.25, -0.2) is 4.79 Å². The van der Waals surface area contributed by atoms with Gasteiger partial charge in [0.2, 0.25) is 0 Å². The van der Waals surface area contributed by atoms with Crippen LogP contribution < -0.4 is 10.8 Å². The van der Waals surface area contributed by atoms with E-state index in [1.807, 2.05) is 6.07 Å². The van der Waals surface area contributed by atoms with Crippen molar-refractivity contribution in [1.29, 1.82) is 0 Å². The van der Waals surface area contributed by atoms with E-state index < -0.39 is 24.0 Å². The Hall–Kier alpha value is -2.84. The molecule has 0 aromatic heterocycles. The molecule has 0 bridgehead atoms. The summed E-state index contributed by atoms with van der Waals surface area (Å²) in [6.45, 7) is 0.126. The fraction of sp³-hybridized carbons (Fsp3) is 0.208. The number of carbonyl (C=O) groups is 1. The second-order valence-electron chi connectivity index (χ2n) is 7.17. The van der Waals surface area contributed by atoms with Gasteiger partial charge in [0.25, 0.3) is 5.92 Å². The van der Waals surface area contributed by atoms with E-state index in [4.69, 9.17) is 16.4 Å². The van der Waals surface area contributed by atoms with Gasteiger partial charge < -0.3 is 15.3 Å². The molecule has 32 heavy (non-hydrogen) atoms. The minimum atomic E-state index is -3.53. The average molecular weight is 461 g/mol. The number of nitrogens with one attached hydrogen (secondary N) is 2. The Bertz CT molecular complexity index is 1010. The third-order valence-electron chi connectivity index (χ3n) is 4.79. The van der Waals surface area contributed by atoms with Gasteiger partial charge in [-0.15, -0.1) is 5.48 Å². The van der Waals surface area contributed by atoms with Crippen molar-refractivity contribution < 1.29 is 23.5 Å². The predicted octanol–water partition coefficient (Wildman–Crippen LogP) is 4.31. The third-order valence-corrected chi connectivity index (χ3v) is 5.03. The van der Waals surface area contributed by atoms with Crippen molar-refractivity contribution in [1.82, 2.24) is 10.8 Å². The Balaban J connectivity index is 1.71. The second kappa shape index (κ2) is 11.2. The van der Waals surface area contributed by atoms with Gasteiger partial charge in [0, 0.05) is 23.7 Å². The van der Waals surface area contributed by atoms with Crippen LogP contribution in [0.15, 0.2) is 84.9 Å². The minimum Gasteiger partial charge on any atom is -0.390 e. The first kappa shape index (κ1) is 23.8. The zero-order valence-electron chi connectivity index (χ0n) is 17.0. The molecule has 0 spiro atoms. The number of hydroxylamine groups is 1. The first-order chi connectivity index (χ1) is 15.4. The number of halogens is 3. The highest BCUT2D eigenvalue weighted by atomic mass is 35.5. The molecule has 0 unspecified atom stereocenters. The zero-order valence-corrected chi connectivity index (χ0v) is 17.8. The second-order valence-corrected chi connectivity index (χ2v) is 7.60. The van der Waals surface area contributed by atoms with Crippen LogP contribution in [-0.4, -0.2) is 29.8 Å². The number of rotatable bonds is 10. The Morgan fingerprint density at radius 2 is 1.66 bits per heavy atom. The lowest BCUT2D eigenvalue weighted by Gasteiger charge is -2.31. The van der Waals surface area contributed by atoms with Crippen LogP contribution in [0.25, 0.3) is 0 Å². The molecule has 3 N–H and O–H groups in total. The maximum Gasteiger partial charge on any atom is 0.356 e. The van der Waals surface area contributed by atoms with Crippen LogP contribution in [0.4, 0.5) is 8.78 Å². The highest BCUT2D eigenvalue weighted by molar-refractivity contribution is 6.30. The average Bonchev–Trinajstić information content (AvgIpc) is 2.80. The molecule has 0 fully saturated rings. The number of benzene rings is 3. The lowest BCUT2D eigenvalue weighted by Crippen LogP contribution is -2.54. The van der Waals surface area contributed by atoms with Crippen LogP contribution in [0.5, 0.6) is 0 Å². The van der Waals surface area contributed by atoms with E-state index in [0.29, 0.717) is 11.6 Å². The maximum atomic E-state index is 15.3. The fourth-order valence-corrected chi connectivity index (χ4v) is 3.33. The van der Waals surface area contributed by atoms with E-state index in [1.165, 1.54) is 36.4 Å². The largest absolute Gasteiger partial charge is 0.390 e. The molecular formula is C24H23ClF2N2O3. The van der Waals surface area contributed by atoms with E-state index in [9.17, 15) is 9.90 Å². The summed E-state index contributed by atoms with van der Waals surface area (Å²) in [4.78, 5) is 17.2. The van der Waals surface area contributed by atoms with Crippen molar-refractivity contribution >= 4 is 17.6 Å². The van der Waals surface area contributed by atoms with Crippen molar-refractivity contribution in [3.63, 3.8) is 0 Å². The molecular weight excluding hydrogens is 438 g/mol. The molecule has 0 amide bonds. The summed E-state index contributed by atoms with van der Waals surface area (Å²) >= 11 is 5.95. The van der Waals surface area contributed by atoms with Gasteiger partial charge in [0.15, 0.2) is 0 Å². The third kappa shape index (κ3) is 6.34. The van der Waals surface area contributed by atoms with E-state index in [2.05, 4.69) is 10.8 Å². The quantitative estimate of drug-likeness (QED) is 0.393. The number of carbonyl (C=O) groups excluding carboxylic acids is 1. The Morgan fingerprint density at radius 3 is 2.31 bits per heavy atom. The number of hydrogen-bond acceptors (Lipinski definition) is 5. The van der Waals surface area contributed by atoms with Gasteiger partial charge in [-0.3, -0.25) is 0 Å². The molecule has 0 aliphatic carbocycles. The van der Waals surface area contributed by atoms with E-state index in [1.54, 1.807) is 42.5 Å². The van der Waals surface area contributed by atoms with Gasteiger partial charge in [0.05, 0.1) is 11.7 Å². The topological polar surface area (TPSA) is 70.6 Å². The van der Waals surface area contributed by atoms with Crippen molar-refractivity contribution in [3.8, 4) is 0 Å². The van der Waals surface area contributed by atoms with Gasteiger partial charge in [-0.05, 0) is 29.8 Å². The molecule has 0 aliphatic rings. The van der Waals surface area contributed by atoms with Crippen molar-refractivity contribution in [3.05, 3.63) is 107 Å². The van der Waals surface area contributed by atoms with Crippen molar-refractivity contribution in [2.45, 2.75) is 24.6 Å². The van der Waals surface area contributed by atoms with Gasteiger partial charge in [-0.1, -0.05) is 72.3 Å². The monoisotopic (exact) mass is 460 g/mol. The predicted molar refractivity (Wildman–Crippen MR) is 118 cm³/mol. The first-order valence-electron chi connectivity index (χ1n) is 9.96.